The Labute approximate surface area is 132 Å². The van der Waals surface area contributed by atoms with E-state index in [-0.39, 0.29) is 16.7 Å². The van der Waals surface area contributed by atoms with Crippen LogP contribution in [-0.2, 0) is 5.54 Å². The molecule has 20 heavy (non-hydrogen) atoms. The number of imidazole rings is 1. The minimum Gasteiger partial charge on any atom is -0.321 e. The van der Waals surface area contributed by atoms with Crippen molar-refractivity contribution in [2.45, 2.75) is 51.5 Å². The van der Waals surface area contributed by atoms with Crippen LogP contribution in [0.15, 0.2) is 16.6 Å². The van der Waals surface area contributed by atoms with Gasteiger partial charge in [-0.3, -0.25) is 0 Å². The monoisotopic (exact) mass is 360 g/mol. The van der Waals surface area contributed by atoms with Gasteiger partial charge in [0.05, 0.1) is 20.9 Å². The fourth-order valence-electron chi connectivity index (χ4n) is 2.49. The van der Waals surface area contributed by atoms with E-state index >= 15 is 0 Å². The van der Waals surface area contributed by atoms with E-state index in [9.17, 15) is 4.39 Å². The van der Waals surface area contributed by atoms with E-state index in [2.05, 4.69) is 46.3 Å². The Morgan fingerprint density at radius 3 is 2.50 bits per heavy atom. The molecule has 1 aromatic heterocycles. The zero-order chi connectivity index (χ0) is 15.1. The van der Waals surface area contributed by atoms with E-state index in [0.717, 1.165) is 29.7 Å². The van der Waals surface area contributed by atoms with Crippen molar-refractivity contribution in [2.24, 2.45) is 0 Å². The molecule has 110 valence electrons. The van der Waals surface area contributed by atoms with Crippen molar-refractivity contribution in [3.63, 3.8) is 0 Å². The minimum absolute atomic E-state index is 0.118. The first-order valence-corrected chi connectivity index (χ1v) is 8.09. The molecule has 2 aromatic rings. The molecule has 0 aliphatic heterocycles. The van der Waals surface area contributed by atoms with Crippen LogP contribution in [0.4, 0.5) is 4.39 Å². The van der Waals surface area contributed by atoms with E-state index in [1.165, 1.54) is 0 Å². The topological polar surface area (TPSA) is 17.8 Å². The van der Waals surface area contributed by atoms with Crippen LogP contribution in [0.5, 0.6) is 0 Å². The standard InChI is InChI=1S/C15H19BrClFN2/c1-5-15(4,6-2)20-13-8-11(18)10(16)7-12(13)19-14(20)9(3)17/h7-9H,5-6H2,1-4H3. The molecule has 0 fully saturated rings. The number of fused-ring (bicyclic) bond motifs is 1. The highest BCUT2D eigenvalue weighted by Gasteiger charge is 2.29. The summed E-state index contributed by atoms with van der Waals surface area (Å²) in [6.07, 6.45) is 1.87. The van der Waals surface area contributed by atoms with Crippen LogP contribution in [0.3, 0.4) is 0 Å². The fraction of sp³-hybridized carbons (Fsp3) is 0.533. The Morgan fingerprint density at radius 2 is 2.00 bits per heavy atom. The van der Waals surface area contributed by atoms with Gasteiger partial charge in [0.25, 0.3) is 0 Å². The summed E-state index contributed by atoms with van der Waals surface area (Å²) >= 11 is 9.51. The molecule has 0 bridgehead atoms. The zero-order valence-corrected chi connectivity index (χ0v) is 14.5. The highest BCUT2D eigenvalue weighted by atomic mass is 79.9. The van der Waals surface area contributed by atoms with Gasteiger partial charge in [0.1, 0.15) is 11.6 Å². The highest BCUT2D eigenvalue weighted by molar-refractivity contribution is 9.10. The molecule has 1 atom stereocenters. The number of halogens is 3. The lowest BCUT2D eigenvalue weighted by molar-refractivity contribution is 0.293. The molecule has 0 radical (unpaired) electrons. The van der Waals surface area contributed by atoms with E-state index in [0.29, 0.717) is 4.47 Å². The van der Waals surface area contributed by atoms with Crippen LogP contribution in [-0.4, -0.2) is 9.55 Å². The van der Waals surface area contributed by atoms with Gasteiger partial charge in [0.15, 0.2) is 0 Å². The summed E-state index contributed by atoms with van der Waals surface area (Å²) in [7, 11) is 0. The molecule has 5 heteroatoms. The van der Waals surface area contributed by atoms with Crippen molar-refractivity contribution in [1.82, 2.24) is 9.55 Å². The summed E-state index contributed by atoms with van der Waals surface area (Å²) in [6, 6.07) is 3.26. The van der Waals surface area contributed by atoms with Crippen molar-refractivity contribution in [3.8, 4) is 0 Å². The molecule has 0 aliphatic rings. The third-order valence-electron chi connectivity index (χ3n) is 4.14. The Kier molecular flexibility index (Phi) is 4.45. The Balaban J connectivity index is 2.84. The van der Waals surface area contributed by atoms with Gasteiger partial charge in [-0.25, -0.2) is 9.37 Å². The average Bonchev–Trinajstić information content (AvgIpc) is 2.77. The van der Waals surface area contributed by atoms with Crippen molar-refractivity contribution in [2.75, 3.05) is 0 Å². The lowest BCUT2D eigenvalue weighted by atomic mass is 9.94. The molecule has 1 heterocycles. The first kappa shape index (κ1) is 15.8. The minimum atomic E-state index is -0.276. The SMILES string of the molecule is CCC(C)(CC)n1c(C(C)Cl)nc2cc(Br)c(F)cc21. The predicted molar refractivity (Wildman–Crippen MR) is 85.9 cm³/mol. The predicted octanol–water partition coefficient (Wildman–Crippen LogP) is 5.77. The summed E-state index contributed by atoms with van der Waals surface area (Å²) in [5.74, 6) is 0.521. The fourth-order valence-corrected chi connectivity index (χ4v) is 2.97. The average molecular weight is 362 g/mol. The van der Waals surface area contributed by atoms with Gasteiger partial charge in [-0.15, -0.1) is 11.6 Å². The maximum Gasteiger partial charge on any atom is 0.139 e. The summed E-state index contributed by atoms with van der Waals surface area (Å²) < 4.78 is 16.4. The number of hydrogen-bond donors (Lipinski definition) is 0. The van der Waals surface area contributed by atoms with Gasteiger partial charge in [-0.1, -0.05) is 13.8 Å². The molecule has 0 N–H and O–H groups in total. The van der Waals surface area contributed by atoms with Crippen LogP contribution in [0, 0.1) is 5.82 Å². The third kappa shape index (κ3) is 2.48. The smallest absolute Gasteiger partial charge is 0.139 e. The molecule has 1 unspecified atom stereocenters. The zero-order valence-electron chi connectivity index (χ0n) is 12.2. The number of rotatable bonds is 4. The lowest BCUT2D eigenvalue weighted by Crippen LogP contribution is -2.30. The van der Waals surface area contributed by atoms with Gasteiger partial charge in [0.2, 0.25) is 0 Å². The summed E-state index contributed by atoms with van der Waals surface area (Å²) in [6.45, 7) is 8.33. The molecule has 2 nitrogen and oxygen atoms in total. The van der Waals surface area contributed by atoms with Crippen LogP contribution in [0.1, 0.15) is 51.7 Å². The molecular weight excluding hydrogens is 343 g/mol. The van der Waals surface area contributed by atoms with Crippen LogP contribution in [0.25, 0.3) is 11.0 Å². The molecule has 0 amide bonds. The van der Waals surface area contributed by atoms with Crippen LogP contribution in [0.2, 0.25) is 0 Å². The molecule has 0 spiro atoms. The normalized spacial score (nSPS) is 13.9. The second-order valence-electron chi connectivity index (χ2n) is 5.38. The quantitative estimate of drug-likeness (QED) is 0.632. The van der Waals surface area contributed by atoms with E-state index in [1.54, 1.807) is 12.1 Å². The van der Waals surface area contributed by atoms with Crippen molar-refractivity contribution in [3.05, 3.63) is 28.2 Å². The van der Waals surface area contributed by atoms with E-state index in [1.807, 2.05) is 6.92 Å². The van der Waals surface area contributed by atoms with E-state index < -0.39 is 0 Å². The van der Waals surface area contributed by atoms with Gasteiger partial charge in [-0.05, 0) is 48.7 Å². The molecule has 2 rings (SSSR count). The van der Waals surface area contributed by atoms with Crippen LogP contribution >= 0.6 is 27.5 Å². The number of benzene rings is 1. The first-order chi connectivity index (χ1) is 9.34. The van der Waals surface area contributed by atoms with Crippen molar-refractivity contribution >= 4 is 38.6 Å². The van der Waals surface area contributed by atoms with Gasteiger partial charge < -0.3 is 4.57 Å². The highest BCUT2D eigenvalue weighted by Crippen LogP contribution is 2.36. The number of nitrogens with zero attached hydrogens (tertiary/aromatic N) is 2. The molecule has 0 aliphatic carbocycles. The summed E-state index contributed by atoms with van der Waals surface area (Å²) in [4.78, 5) is 4.61. The summed E-state index contributed by atoms with van der Waals surface area (Å²) in [5, 5.41) is -0.221. The van der Waals surface area contributed by atoms with Gasteiger partial charge in [0, 0.05) is 11.6 Å². The largest absolute Gasteiger partial charge is 0.321 e. The van der Waals surface area contributed by atoms with E-state index in [4.69, 9.17) is 11.6 Å². The molecule has 0 saturated carbocycles. The maximum atomic E-state index is 13.9. The molecular formula is C15H19BrClFN2. The number of hydrogen-bond acceptors (Lipinski definition) is 1. The Bertz CT molecular complexity index is 632. The molecule has 0 saturated heterocycles. The number of aromatic nitrogens is 2. The maximum absolute atomic E-state index is 13.9. The molecule has 1 aromatic carbocycles. The second-order valence-corrected chi connectivity index (χ2v) is 6.89. The third-order valence-corrected chi connectivity index (χ3v) is 4.94. The second kappa shape index (κ2) is 5.64. The Hall–Kier alpha value is -0.610. The van der Waals surface area contributed by atoms with Crippen LogP contribution < -0.4 is 0 Å². The first-order valence-electron chi connectivity index (χ1n) is 6.86. The number of alkyl halides is 1. The van der Waals surface area contributed by atoms with Gasteiger partial charge in [-0.2, -0.15) is 0 Å². The van der Waals surface area contributed by atoms with Crippen molar-refractivity contribution in [1.29, 1.82) is 0 Å². The van der Waals surface area contributed by atoms with Gasteiger partial charge >= 0.3 is 0 Å². The van der Waals surface area contributed by atoms with Crippen molar-refractivity contribution < 1.29 is 4.39 Å². The lowest BCUT2D eigenvalue weighted by Gasteiger charge is -2.32. The Morgan fingerprint density at radius 1 is 1.40 bits per heavy atom. The summed E-state index contributed by atoms with van der Waals surface area (Å²) in [5.41, 5.74) is 1.46.